The third kappa shape index (κ3) is 4.84. The lowest BCUT2D eigenvalue weighted by atomic mass is 9.95. The number of para-hydroxylation sites is 1. The van der Waals surface area contributed by atoms with Crippen molar-refractivity contribution in [2.24, 2.45) is 0 Å². The molecule has 0 aliphatic carbocycles. The molecule has 20 heavy (non-hydrogen) atoms. The van der Waals surface area contributed by atoms with Crippen LogP contribution in [-0.2, 0) is 6.61 Å². The van der Waals surface area contributed by atoms with E-state index in [2.05, 4.69) is 11.4 Å². The first-order valence-electron chi connectivity index (χ1n) is 6.94. The molecule has 0 bridgehead atoms. The summed E-state index contributed by atoms with van der Waals surface area (Å²) in [5.74, 6) is 0.673. The Morgan fingerprint density at radius 1 is 1.35 bits per heavy atom. The predicted molar refractivity (Wildman–Crippen MR) is 79.4 cm³/mol. The van der Waals surface area contributed by atoms with E-state index < -0.39 is 5.54 Å². The second-order valence-electron chi connectivity index (χ2n) is 5.64. The molecule has 0 spiro atoms. The van der Waals surface area contributed by atoms with E-state index in [4.69, 9.17) is 4.74 Å². The maximum absolute atomic E-state index is 9.34. The number of hydrogen-bond donors (Lipinski definition) is 2. The summed E-state index contributed by atoms with van der Waals surface area (Å²) >= 11 is 0. The van der Waals surface area contributed by atoms with Crippen LogP contribution in [0.1, 0.15) is 39.7 Å². The third-order valence-corrected chi connectivity index (χ3v) is 3.02. The summed E-state index contributed by atoms with van der Waals surface area (Å²) in [5.41, 5.74) is 0.136. The van der Waals surface area contributed by atoms with Crippen LogP contribution in [0.4, 0.5) is 0 Å². The van der Waals surface area contributed by atoms with Gasteiger partial charge in [-0.1, -0.05) is 18.2 Å². The van der Waals surface area contributed by atoms with Crippen molar-refractivity contribution in [3.05, 3.63) is 29.8 Å². The quantitative estimate of drug-likeness (QED) is 0.803. The summed E-state index contributed by atoms with van der Waals surface area (Å²) in [4.78, 5) is 0. The van der Waals surface area contributed by atoms with Gasteiger partial charge in [0.05, 0.1) is 18.8 Å². The van der Waals surface area contributed by atoms with Gasteiger partial charge in [-0.05, 0) is 33.8 Å². The summed E-state index contributed by atoms with van der Waals surface area (Å²) in [5, 5.41) is 21.9. The number of nitriles is 1. The van der Waals surface area contributed by atoms with Crippen molar-refractivity contribution in [3.63, 3.8) is 0 Å². The average molecular weight is 276 g/mol. The molecule has 2 atom stereocenters. The molecule has 0 amide bonds. The minimum absolute atomic E-state index is 0.0529. The van der Waals surface area contributed by atoms with Gasteiger partial charge < -0.3 is 9.84 Å². The van der Waals surface area contributed by atoms with E-state index in [0.29, 0.717) is 12.2 Å². The van der Waals surface area contributed by atoms with Crippen LogP contribution in [0.2, 0.25) is 0 Å². The average Bonchev–Trinajstić information content (AvgIpc) is 2.38. The van der Waals surface area contributed by atoms with Crippen LogP contribution in [0.15, 0.2) is 24.3 Å². The lowest BCUT2D eigenvalue weighted by Crippen LogP contribution is -2.47. The third-order valence-electron chi connectivity index (χ3n) is 3.02. The zero-order valence-corrected chi connectivity index (χ0v) is 12.7. The minimum atomic E-state index is -0.623. The molecule has 4 heteroatoms. The summed E-state index contributed by atoms with van der Waals surface area (Å²) in [6.45, 7) is 7.80. The van der Waals surface area contributed by atoms with Crippen molar-refractivity contribution >= 4 is 0 Å². The molecular weight excluding hydrogens is 252 g/mol. The van der Waals surface area contributed by atoms with Crippen molar-refractivity contribution in [1.82, 2.24) is 5.32 Å². The fourth-order valence-electron chi connectivity index (χ4n) is 2.36. The Hall–Kier alpha value is -1.57. The maximum Gasteiger partial charge on any atom is 0.125 e. The number of aliphatic hydroxyl groups excluding tert-OH is 1. The first-order chi connectivity index (χ1) is 9.40. The second-order valence-corrected chi connectivity index (χ2v) is 5.64. The molecule has 0 saturated heterocycles. The van der Waals surface area contributed by atoms with Crippen LogP contribution in [-0.4, -0.2) is 22.8 Å². The zero-order chi connectivity index (χ0) is 15.2. The fraction of sp³-hybridized carbons (Fsp3) is 0.562. The van der Waals surface area contributed by atoms with Crippen LogP contribution in [0.3, 0.4) is 0 Å². The Morgan fingerprint density at radius 2 is 2.00 bits per heavy atom. The van der Waals surface area contributed by atoms with Crippen molar-refractivity contribution in [2.45, 2.75) is 58.4 Å². The predicted octanol–water partition coefficient (Wildman–Crippen LogP) is 2.62. The summed E-state index contributed by atoms with van der Waals surface area (Å²) < 4.78 is 5.86. The highest BCUT2D eigenvalue weighted by molar-refractivity contribution is 5.32. The second kappa shape index (κ2) is 7.28. The Bertz CT molecular complexity index is 468. The van der Waals surface area contributed by atoms with Crippen molar-refractivity contribution in [3.8, 4) is 11.8 Å². The maximum atomic E-state index is 9.34. The zero-order valence-electron chi connectivity index (χ0n) is 12.7. The molecule has 0 aromatic heterocycles. The van der Waals surface area contributed by atoms with Gasteiger partial charge in [-0.3, -0.25) is 5.32 Å². The molecule has 0 fully saturated rings. The molecule has 0 heterocycles. The number of benzene rings is 1. The summed E-state index contributed by atoms with van der Waals surface area (Å²) in [6, 6.07) is 9.95. The molecule has 2 N–H and O–H groups in total. The number of aliphatic hydroxyl groups is 1. The molecule has 0 saturated carbocycles. The Labute approximate surface area is 121 Å². The van der Waals surface area contributed by atoms with Gasteiger partial charge in [0.25, 0.3) is 0 Å². The molecule has 0 aliphatic heterocycles. The van der Waals surface area contributed by atoms with E-state index in [9.17, 15) is 10.4 Å². The monoisotopic (exact) mass is 276 g/mol. The SMILES string of the molecule is CC(C)NC(C)(C#N)CC(C)Oc1ccccc1CO. The van der Waals surface area contributed by atoms with Gasteiger partial charge in [-0.2, -0.15) is 5.26 Å². The van der Waals surface area contributed by atoms with E-state index in [0.717, 1.165) is 5.56 Å². The normalized spacial score (nSPS) is 15.4. The molecule has 1 rings (SSSR count). The summed E-state index contributed by atoms with van der Waals surface area (Å²) in [7, 11) is 0. The molecular formula is C16H24N2O2. The first-order valence-corrected chi connectivity index (χ1v) is 6.94. The van der Waals surface area contributed by atoms with Gasteiger partial charge in [0.1, 0.15) is 11.3 Å². The van der Waals surface area contributed by atoms with Crippen molar-refractivity contribution < 1.29 is 9.84 Å². The molecule has 1 aromatic carbocycles. The van der Waals surface area contributed by atoms with Crippen molar-refractivity contribution in [1.29, 1.82) is 5.26 Å². The standard InChI is InChI=1S/C16H24N2O2/c1-12(2)18-16(4,11-17)9-13(3)20-15-8-6-5-7-14(15)10-19/h5-8,12-13,18-19H,9-10H2,1-4H3. The summed E-state index contributed by atoms with van der Waals surface area (Å²) in [6.07, 6.45) is 0.445. The van der Waals surface area contributed by atoms with Gasteiger partial charge in [0.2, 0.25) is 0 Å². The minimum Gasteiger partial charge on any atom is -0.490 e. The molecule has 110 valence electrons. The topological polar surface area (TPSA) is 65.3 Å². The smallest absolute Gasteiger partial charge is 0.125 e. The van der Waals surface area contributed by atoms with E-state index in [-0.39, 0.29) is 18.8 Å². The first kappa shape index (κ1) is 16.5. The molecule has 0 aliphatic rings. The van der Waals surface area contributed by atoms with Crippen LogP contribution in [0, 0.1) is 11.3 Å². The Balaban J connectivity index is 2.71. The van der Waals surface area contributed by atoms with Crippen LogP contribution >= 0.6 is 0 Å². The van der Waals surface area contributed by atoms with Gasteiger partial charge in [0, 0.05) is 18.0 Å². The molecule has 0 radical (unpaired) electrons. The van der Waals surface area contributed by atoms with Gasteiger partial charge in [-0.15, -0.1) is 0 Å². The van der Waals surface area contributed by atoms with Gasteiger partial charge in [0.15, 0.2) is 0 Å². The molecule has 2 unspecified atom stereocenters. The largest absolute Gasteiger partial charge is 0.490 e. The number of nitrogens with one attached hydrogen (secondary N) is 1. The van der Waals surface area contributed by atoms with E-state index in [1.807, 2.05) is 52.0 Å². The van der Waals surface area contributed by atoms with Crippen LogP contribution in [0.5, 0.6) is 5.75 Å². The lowest BCUT2D eigenvalue weighted by Gasteiger charge is -2.29. The van der Waals surface area contributed by atoms with Gasteiger partial charge >= 0.3 is 0 Å². The number of hydrogen-bond acceptors (Lipinski definition) is 4. The fourth-order valence-corrected chi connectivity index (χ4v) is 2.36. The Kier molecular flexibility index (Phi) is 6.00. The molecule has 4 nitrogen and oxygen atoms in total. The van der Waals surface area contributed by atoms with Crippen molar-refractivity contribution in [2.75, 3.05) is 0 Å². The van der Waals surface area contributed by atoms with Gasteiger partial charge in [-0.25, -0.2) is 0 Å². The number of rotatable bonds is 7. The highest BCUT2D eigenvalue weighted by atomic mass is 16.5. The molecule has 1 aromatic rings. The lowest BCUT2D eigenvalue weighted by molar-refractivity contribution is 0.170. The van der Waals surface area contributed by atoms with E-state index in [1.165, 1.54) is 0 Å². The van der Waals surface area contributed by atoms with Crippen LogP contribution in [0.25, 0.3) is 0 Å². The van der Waals surface area contributed by atoms with E-state index in [1.54, 1.807) is 0 Å². The number of nitrogens with zero attached hydrogens (tertiary/aromatic N) is 1. The number of ether oxygens (including phenoxy) is 1. The highest BCUT2D eigenvalue weighted by Crippen LogP contribution is 2.22. The van der Waals surface area contributed by atoms with E-state index >= 15 is 0 Å². The van der Waals surface area contributed by atoms with Crippen LogP contribution < -0.4 is 10.1 Å². The Morgan fingerprint density at radius 3 is 2.55 bits per heavy atom. The highest BCUT2D eigenvalue weighted by Gasteiger charge is 2.28.